The van der Waals surface area contributed by atoms with E-state index in [9.17, 15) is 14.0 Å². The van der Waals surface area contributed by atoms with E-state index in [0.717, 1.165) is 0 Å². The fourth-order valence-corrected chi connectivity index (χ4v) is 3.06. The second-order valence-corrected chi connectivity index (χ2v) is 6.91. The smallest absolute Gasteiger partial charge is 0.274 e. The summed E-state index contributed by atoms with van der Waals surface area (Å²) in [6, 6.07) is 13.0. The zero-order chi connectivity index (χ0) is 19.6. The molecule has 0 bridgehead atoms. The van der Waals surface area contributed by atoms with E-state index in [1.807, 2.05) is 20.8 Å². The van der Waals surface area contributed by atoms with Gasteiger partial charge in [-0.3, -0.25) is 9.59 Å². The van der Waals surface area contributed by atoms with Gasteiger partial charge in [0.25, 0.3) is 11.5 Å². The number of halogens is 1. The number of amides is 1. The van der Waals surface area contributed by atoms with Gasteiger partial charge in [-0.15, -0.1) is 0 Å². The first kappa shape index (κ1) is 18.8. The minimum absolute atomic E-state index is 0.176. The lowest BCUT2D eigenvalue weighted by atomic mass is 10.1. The van der Waals surface area contributed by atoms with Crippen molar-refractivity contribution in [2.24, 2.45) is 0 Å². The van der Waals surface area contributed by atoms with Crippen molar-refractivity contribution in [2.45, 2.75) is 39.3 Å². The second kappa shape index (κ2) is 7.70. The molecule has 1 atom stereocenters. The molecular weight excluding hydrogens is 345 g/mol. The quantitative estimate of drug-likeness (QED) is 0.751. The number of hydrogen-bond donors (Lipinski definition) is 1. The fraction of sp³-hybridized carbons (Fsp3) is 0.286. The topological polar surface area (TPSA) is 64.0 Å². The molecule has 0 aliphatic rings. The zero-order valence-electron chi connectivity index (χ0n) is 15.6. The summed E-state index contributed by atoms with van der Waals surface area (Å²) in [7, 11) is 0. The SMILES string of the molecule is CC(Cc1ccccc1F)NC(=O)c1nn(C(C)C)c(=O)c2ccccc12. The molecule has 0 radical (unpaired) electrons. The Balaban J connectivity index is 1.92. The Morgan fingerprint density at radius 1 is 1.07 bits per heavy atom. The van der Waals surface area contributed by atoms with E-state index in [2.05, 4.69) is 10.4 Å². The highest BCUT2D eigenvalue weighted by Crippen LogP contribution is 2.15. The molecule has 0 spiro atoms. The van der Waals surface area contributed by atoms with Crippen LogP contribution in [-0.4, -0.2) is 21.7 Å². The Hall–Kier alpha value is -3.02. The summed E-state index contributed by atoms with van der Waals surface area (Å²) >= 11 is 0. The van der Waals surface area contributed by atoms with Gasteiger partial charge in [-0.1, -0.05) is 36.4 Å². The van der Waals surface area contributed by atoms with Crippen molar-refractivity contribution in [3.8, 4) is 0 Å². The predicted octanol–water partition coefficient (Wildman–Crippen LogP) is 3.48. The van der Waals surface area contributed by atoms with Crippen molar-refractivity contribution in [3.63, 3.8) is 0 Å². The molecule has 2 aromatic carbocycles. The number of rotatable bonds is 5. The molecule has 0 fully saturated rings. The van der Waals surface area contributed by atoms with E-state index >= 15 is 0 Å². The summed E-state index contributed by atoms with van der Waals surface area (Å²) in [4.78, 5) is 25.4. The average Bonchev–Trinajstić information content (AvgIpc) is 2.63. The van der Waals surface area contributed by atoms with E-state index < -0.39 is 0 Å². The van der Waals surface area contributed by atoms with Crippen LogP contribution in [0.15, 0.2) is 53.3 Å². The number of carbonyl (C=O) groups is 1. The number of fused-ring (bicyclic) bond motifs is 1. The standard InChI is InChI=1S/C21H22FN3O2/c1-13(2)25-21(27)17-10-6-5-9-16(17)19(24-25)20(26)23-14(3)12-15-8-4-7-11-18(15)22/h4-11,13-14H,12H2,1-3H3,(H,23,26). The van der Waals surface area contributed by atoms with Crippen LogP contribution < -0.4 is 10.9 Å². The maximum absolute atomic E-state index is 13.8. The third-order valence-corrected chi connectivity index (χ3v) is 4.39. The van der Waals surface area contributed by atoms with Gasteiger partial charge < -0.3 is 5.32 Å². The van der Waals surface area contributed by atoms with E-state index in [1.165, 1.54) is 10.7 Å². The summed E-state index contributed by atoms with van der Waals surface area (Å²) in [5.74, 6) is -0.681. The largest absolute Gasteiger partial charge is 0.348 e. The zero-order valence-corrected chi connectivity index (χ0v) is 15.6. The predicted molar refractivity (Wildman–Crippen MR) is 103 cm³/mol. The molecule has 1 heterocycles. The maximum Gasteiger partial charge on any atom is 0.274 e. The Labute approximate surface area is 156 Å². The third-order valence-electron chi connectivity index (χ3n) is 4.39. The molecule has 5 nitrogen and oxygen atoms in total. The highest BCUT2D eigenvalue weighted by Gasteiger charge is 2.19. The third kappa shape index (κ3) is 3.89. The molecule has 3 rings (SSSR count). The lowest BCUT2D eigenvalue weighted by molar-refractivity contribution is 0.0934. The normalized spacial score (nSPS) is 12.3. The number of carbonyl (C=O) groups excluding carboxylic acids is 1. The molecule has 0 aliphatic heterocycles. The fourth-order valence-electron chi connectivity index (χ4n) is 3.06. The molecule has 1 N–H and O–H groups in total. The molecule has 1 aromatic heterocycles. The van der Waals surface area contributed by atoms with Crippen LogP contribution in [0.3, 0.4) is 0 Å². The van der Waals surface area contributed by atoms with Gasteiger partial charge in [0.1, 0.15) is 5.82 Å². The van der Waals surface area contributed by atoms with Gasteiger partial charge in [-0.25, -0.2) is 9.07 Å². The van der Waals surface area contributed by atoms with E-state index in [1.54, 1.807) is 42.5 Å². The molecular formula is C21H22FN3O2. The Morgan fingerprint density at radius 2 is 1.70 bits per heavy atom. The minimum atomic E-state index is -0.385. The van der Waals surface area contributed by atoms with Crippen LogP contribution in [0.2, 0.25) is 0 Å². The summed E-state index contributed by atoms with van der Waals surface area (Å²) in [5, 5.41) is 8.12. The van der Waals surface area contributed by atoms with Crippen LogP contribution in [-0.2, 0) is 6.42 Å². The van der Waals surface area contributed by atoms with Crippen molar-refractivity contribution in [1.82, 2.24) is 15.1 Å². The molecule has 1 amide bonds. The van der Waals surface area contributed by atoms with Crippen molar-refractivity contribution < 1.29 is 9.18 Å². The lowest BCUT2D eigenvalue weighted by Crippen LogP contribution is -2.37. The van der Waals surface area contributed by atoms with Crippen LogP contribution in [0, 0.1) is 5.82 Å². The first-order valence-corrected chi connectivity index (χ1v) is 8.94. The van der Waals surface area contributed by atoms with Crippen LogP contribution in [0.5, 0.6) is 0 Å². The van der Waals surface area contributed by atoms with Gasteiger partial charge in [0, 0.05) is 11.4 Å². The van der Waals surface area contributed by atoms with Gasteiger partial charge in [0.15, 0.2) is 5.69 Å². The summed E-state index contributed by atoms with van der Waals surface area (Å²) in [6.07, 6.45) is 0.361. The van der Waals surface area contributed by atoms with Gasteiger partial charge >= 0.3 is 0 Å². The molecule has 0 saturated heterocycles. The lowest BCUT2D eigenvalue weighted by Gasteiger charge is -2.17. The van der Waals surface area contributed by atoms with Gasteiger partial charge in [0.05, 0.1) is 11.4 Å². The van der Waals surface area contributed by atoms with Crippen molar-refractivity contribution in [1.29, 1.82) is 0 Å². The minimum Gasteiger partial charge on any atom is -0.348 e. The van der Waals surface area contributed by atoms with E-state index in [-0.39, 0.29) is 35.1 Å². The Bertz CT molecular complexity index is 1040. The molecule has 3 aromatic rings. The Morgan fingerprint density at radius 3 is 2.37 bits per heavy atom. The highest BCUT2D eigenvalue weighted by atomic mass is 19.1. The van der Waals surface area contributed by atoms with Crippen LogP contribution in [0.25, 0.3) is 10.8 Å². The monoisotopic (exact) mass is 367 g/mol. The summed E-state index contributed by atoms with van der Waals surface area (Å²) in [5.41, 5.74) is 0.506. The van der Waals surface area contributed by atoms with E-state index in [4.69, 9.17) is 0 Å². The number of nitrogens with zero attached hydrogens (tertiary/aromatic N) is 2. The first-order valence-electron chi connectivity index (χ1n) is 8.94. The van der Waals surface area contributed by atoms with Crippen LogP contribution in [0.1, 0.15) is 42.9 Å². The van der Waals surface area contributed by atoms with Gasteiger partial charge in [0.2, 0.25) is 0 Å². The van der Waals surface area contributed by atoms with E-state index in [0.29, 0.717) is 22.8 Å². The Kier molecular flexibility index (Phi) is 5.35. The number of aromatic nitrogens is 2. The van der Waals surface area contributed by atoms with Gasteiger partial charge in [-0.05, 0) is 44.9 Å². The molecule has 1 unspecified atom stereocenters. The van der Waals surface area contributed by atoms with Crippen LogP contribution >= 0.6 is 0 Å². The molecule has 0 aliphatic carbocycles. The van der Waals surface area contributed by atoms with Crippen molar-refractivity contribution >= 4 is 16.7 Å². The number of nitrogens with one attached hydrogen (secondary N) is 1. The van der Waals surface area contributed by atoms with Crippen LogP contribution in [0.4, 0.5) is 4.39 Å². The second-order valence-electron chi connectivity index (χ2n) is 6.91. The molecule has 6 heteroatoms. The number of benzene rings is 2. The molecule has 140 valence electrons. The summed E-state index contributed by atoms with van der Waals surface area (Å²) < 4.78 is 15.2. The van der Waals surface area contributed by atoms with Gasteiger partial charge in [-0.2, -0.15) is 5.10 Å². The van der Waals surface area contributed by atoms with Crippen molar-refractivity contribution in [2.75, 3.05) is 0 Å². The molecule has 0 saturated carbocycles. The average molecular weight is 367 g/mol. The number of hydrogen-bond acceptors (Lipinski definition) is 3. The highest BCUT2D eigenvalue weighted by molar-refractivity contribution is 6.04. The first-order chi connectivity index (χ1) is 12.9. The maximum atomic E-state index is 13.8. The molecule has 27 heavy (non-hydrogen) atoms. The summed E-state index contributed by atoms with van der Waals surface area (Å²) in [6.45, 7) is 5.49. The van der Waals surface area contributed by atoms with Crippen molar-refractivity contribution in [3.05, 3.63) is 76.0 Å².